The third-order valence-corrected chi connectivity index (χ3v) is 4.60. The van der Waals surface area contributed by atoms with Gasteiger partial charge in [-0.1, -0.05) is 12.2 Å². The maximum absolute atomic E-state index is 11.5. The molecule has 0 aromatic carbocycles. The van der Waals surface area contributed by atoms with Crippen molar-refractivity contribution in [1.82, 2.24) is 9.80 Å². The van der Waals surface area contributed by atoms with Gasteiger partial charge in [0.15, 0.2) is 11.5 Å². The van der Waals surface area contributed by atoms with E-state index in [9.17, 15) is 30.0 Å². The second-order valence-corrected chi connectivity index (χ2v) is 7.53. The van der Waals surface area contributed by atoms with Gasteiger partial charge in [0.1, 0.15) is 11.2 Å². The highest BCUT2D eigenvalue weighted by Gasteiger charge is 2.44. The Labute approximate surface area is 165 Å². The minimum atomic E-state index is -1.50. The van der Waals surface area contributed by atoms with Crippen LogP contribution in [0.15, 0.2) is 48.2 Å². The average molecular weight is 394 g/mol. The van der Waals surface area contributed by atoms with E-state index >= 15 is 0 Å². The van der Waals surface area contributed by atoms with Crippen molar-refractivity contribution in [2.75, 3.05) is 27.2 Å². The number of carbonyl (C=O) groups excluding carboxylic acids is 2. The van der Waals surface area contributed by atoms with Crippen LogP contribution in [0.5, 0.6) is 0 Å². The highest BCUT2D eigenvalue weighted by molar-refractivity contribution is 6.03. The summed E-state index contributed by atoms with van der Waals surface area (Å²) in [6.07, 6.45) is 3.65. The second-order valence-electron chi connectivity index (χ2n) is 7.53. The lowest BCUT2D eigenvalue weighted by atomic mass is 10.0. The fourth-order valence-electron chi connectivity index (χ4n) is 2.99. The molecule has 2 aliphatic rings. The summed E-state index contributed by atoms with van der Waals surface area (Å²) in [5.41, 5.74) is -1.98. The maximum Gasteiger partial charge on any atom is 0.230 e. The van der Waals surface area contributed by atoms with Gasteiger partial charge in [-0.2, -0.15) is 0 Å². The summed E-state index contributed by atoms with van der Waals surface area (Å²) >= 11 is 0. The molecule has 0 saturated carbocycles. The van der Waals surface area contributed by atoms with Gasteiger partial charge in [0, 0.05) is 40.0 Å². The summed E-state index contributed by atoms with van der Waals surface area (Å²) in [6, 6.07) is 0. The number of nitrogens with zero attached hydrogens (tertiary/aromatic N) is 2. The van der Waals surface area contributed by atoms with Gasteiger partial charge in [-0.3, -0.25) is 9.59 Å². The van der Waals surface area contributed by atoms with Crippen LogP contribution in [0.3, 0.4) is 0 Å². The highest BCUT2D eigenvalue weighted by atomic mass is 16.3. The quantitative estimate of drug-likeness (QED) is 0.496. The van der Waals surface area contributed by atoms with Crippen LogP contribution in [-0.4, -0.2) is 80.2 Å². The molecule has 0 bridgehead atoms. The van der Waals surface area contributed by atoms with Gasteiger partial charge in [-0.25, -0.2) is 0 Å². The largest absolute Gasteiger partial charge is 0.503 e. The molecule has 0 fully saturated rings. The summed E-state index contributed by atoms with van der Waals surface area (Å²) in [4.78, 5) is 26.1. The molecule has 156 valence electrons. The Hall–Kier alpha value is -2.58. The molecule has 2 unspecified atom stereocenters. The molecule has 0 aromatic rings. The molecule has 0 amide bonds. The Kier molecular flexibility index (Phi) is 7.22. The van der Waals surface area contributed by atoms with Crippen molar-refractivity contribution in [3.63, 3.8) is 0 Å². The second kappa shape index (κ2) is 8.62. The normalized spacial score (nSPS) is 26.9. The lowest BCUT2D eigenvalue weighted by Gasteiger charge is -2.24. The standard InChI is InChI=1S/C12H17NO3.C8H13NO3/c1-4-6-13(7-5-2)9-8-12(3,16)11(15)10(9)14;1-8(12)4-5(9(2)3)6(10)7(8)11/h4-5,14,16H,1-2,6-8H2,3H3;10,12H,4H2,1-3H3. The predicted molar refractivity (Wildman–Crippen MR) is 105 cm³/mol. The van der Waals surface area contributed by atoms with E-state index in [1.807, 2.05) is 0 Å². The van der Waals surface area contributed by atoms with Crippen molar-refractivity contribution >= 4 is 11.6 Å². The first-order valence-electron chi connectivity index (χ1n) is 8.82. The van der Waals surface area contributed by atoms with Gasteiger partial charge < -0.3 is 30.2 Å². The Bertz CT molecular complexity index is 721. The molecular formula is C20H30N2O6. The molecule has 4 N–H and O–H groups in total. The highest BCUT2D eigenvalue weighted by Crippen LogP contribution is 2.32. The number of aliphatic hydroxyl groups excluding tert-OH is 2. The van der Waals surface area contributed by atoms with E-state index in [1.165, 1.54) is 13.8 Å². The van der Waals surface area contributed by atoms with E-state index in [0.717, 1.165) is 0 Å². The molecule has 8 nitrogen and oxygen atoms in total. The van der Waals surface area contributed by atoms with Crippen LogP contribution in [0.25, 0.3) is 0 Å². The van der Waals surface area contributed by atoms with Crippen LogP contribution in [0.2, 0.25) is 0 Å². The first-order chi connectivity index (χ1) is 12.8. The summed E-state index contributed by atoms with van der Waals surface area (Å²) in [7, 11) is 3.44. The van der Waals surface area contributed by atoms with Crippen LogP contribution in [0.4, 0.5) is 0 Å². The van der Waals surface area contributed by atoms with E-state index in [2.05, 4.69) is 13.2 Å². The zero-order chi connectivity index (χ0) is 21.9. The molecule has 0 spiro atoms. The fraction of sp³-hybridized carbons (Fsp3) is 0.500. The molecule has 0 radical (unpaired) electrons. The molecule has 0 aliphatic heterocycles. The Morgan fingerprint density at radius 3 is 1.46 bits per heavy atom. The predicted octanol–water partition coefficient (Wildman–Crippen LogP) is 1.20. The molecule has 8 heteroatoms. The van der Waals surface area contributed by atoms with Crippen LogP contribution < -0.4 is 0 Å². The van der Waals surface area contributed by atoms with Gasteiger partial charge in [0.25, 0.3) is 0 Å². The van der Waals surface area contributed by atoms with Gasteiger partial charge in [-0.15, -0.1) is 13.2 Å². The monoisotopic (exact) mass is 394 g/mol. The van der Waals surface area contributed by atoms with Crippen molar-refractivity contribution in [2.24, 2.45) is 0 Å². The van der Waals surface area contributed by atoms with E-state index < -0.39 is 22.8 Å². The number of ketones is 2. The number of Topliss-reactive ketones (excluding diaryl/α,β-unsaturated/α-hetero) is 2. The van der Waals surface area contributed by atoms with E-state index in [-0.39, 0.29) is 24.4 Å². The van der Waals surface area contributed by atoms with Crippen LogP contribution >= 0.6 is 0 Å². The van der Waals surface area contributed by atoms with Gasteiger partial charge in [0.05, 0.1) is 11.4 Å². The van der Waals surface area contributed by atoms with Gasteiger partial charge in [0.2, 0.25) is 11.6 Å². The minimum Gasteiger partial charge on any atom is -0.503 e. The molecule has 2 rings (SSSR count). The SMILES string of the molecule is C=CCN(CC=C)C1=C(O)C(=O)C(C)(O)C1.CN(C)C1=C(O)C(=O)C(C)(O)C1. The molecule has 0 aromatic heterocycles. The topological polar surface area (TPSA) is 122 Å². The molecular weight excluding hydrogens is 364 g/mol. The molecule has 0 saturated heterocycles. The minimum absolute atomic E-state index is 0.124. The van der Waals surface area contributed by atoms with Crippen molar-refractivity contribution in [2.45, 2.75) is 37.9 Å². The molecule has 2 aliphatic carbocycles. The first kappa shape index (κ1) is 23.5. The number of rotatable bonds is 6. The van der Waals surface area contributed by atoms with Crippen molar-refractivity contribution in [3.05, 3.63) is 48.2 Å². The smallest absolute Gasteiger partial charge is 0.230 e. The third kappa shape index (κ3) is 4.82. The summed E-state index contributed by atoms with van der Waals surface area (Å²) in [5.74, 6) is -1.88. The third-order valence-electron chi connectivity index (χ3n) is 4.60. The summed E-state index contributed by atoms with van der Waals surface area (Å²) < 4.78 is 0. The lowest BCUT2D eigenvalue weighted by Crippen LogP contribution is -2.32. The van der Waals surface area contributed by atoms with Crippen molar-refractivity contribution in [1.29, 1.82) is 0 Å². The van der Waals surface area contributed by atoms with Crippen LogP contribution in [0.1, 0.15) is 26.7 Å². The molecule has 28 heavy (non-hydrogen) atoms. The zero-order valence-corrected chi connectivity index (χ0v) is 16.9. The Balaban J connectivity index is 0.000000292. The number of aliphatic hydroxyl groups is 4. The van der Waals surface area contributed by atoms with Crippen molar-refractivity contribution < 1.29 is 30.0 Å². The van der Waals surface area contributed by atoms with E-state index in [0.29, 0.717) is 24.5 Å². The van der Waals surface area contributed by atoms with Gasteiger partial charge >= 0.3 is 0 Å². The van der Waals surface area contributed by atoms with Crippen LogP contribution in [-0.2, 0) is 9.59 Å². The van der Waals surface area contributed by atoms with Crippen molar-refractivity contribution in [3.8, 4) is 0 Å². The number of carbonyl (C=O) groups is 2. The number of hydrogen-bond acceptors (Lipinski definition) is 8. The zero-order valence-electron chi connectivity index (χ0n) is 16.9. The summed E-state index contributed by atoms with van der Waals surface area (Å²) in [5, 5.41) is 38.2. The first-order valence-corrected chi connectivity index (χ1v) is 8.82. The number of hydrogen-bond donors (Lipinski definition) is 4. The molecule has 2 atom stereocenters. The lowest BCUT2D eigenvalue weighted by molar-refractivity contribution is -0.132. The molecule has 0 heterocycles. The van der Waals surface area contributed by atoms with Crippen LogP contribution in [0, 0.1) is 0 Å². The summed E-state index contributed by atoms with van der Waals surface area (Å²) in [6.45, 7) is 11.0. The van der Waals surface area contributed by atoms with E-state index in [1.54, 1.807) is 36.0 Å². The van der Waals surface area contributed by atoms with Gasteiger partial charge in [-0.05, 0) is 13.8 Å². The Morgan fingerprint density at radius 1 is 0.893 bits per heavy atom. The van der Waals surface area contributed by atoms with E-state index in [4.69, 9.17) is 0 Å². The Morgan fingerprint density at radius 2 is 1.25 bits per heavy atom. The average Bonchev–Trinajstić information content (AvgIpc) is 2.94. The maximum atomic E-state index is 11.5. The fourth-order valence-corrected chi connectivity index (χ4v) is 2.99.